The lowest BCUT2D eigenvalue weighted by atomic mass is 9.49. The summed E-state index contributed by atoms with van der Waals surface area (Å²) in [7, 11) is 0. The van der Waals surface area contributed by atoms with Crippen LogP contribution in [0, 0.1) is 18.8 Å². The number of aryl methyl sites for hydroxylation is 1. The second kappa shape index (κ2) is 6.68. The lowest BCUT2D eigenvalue weighted by molar-refractivity contribution is -0.0448. The monoisotopic (exact) mass is 389 g/mol. The van der Waals surface area contributed by atoms with Crippen molar-refractivity contribution in [1.82, 2.24) is 15.6 Å². The summed E-state index contributed by atoms with van der Waals surface area (Å²) in [5, 5.41) is 6.74. The molecule has 1 heterocycles. The molecule has 0 radical (unpaired) electrons. The Morgan fingerprint density at radius 3 is 2.10 bits per heavy atom. The summed E-state index contributed by atoms with van der Waals surface area (Å²) in [6.07, 6.45) is 6.06. The van der Waals surface area contributed by atoms with Crippen LogP contribution in [0.5, 0.6) is 0 Å². The smallest absolute Gasteiger partial charge is 0.270 e. The molecular formula is C24H27N3O2. The van der Waals surface area contributed by atoms with E-state index in [4.69, 9.17) is 0 Å². The van der Waals surface area contributed by atoms with Crippen molar-refractivity contribution in [2.75, 3.05) is 0 Å². The number of carbonyl (C=O) groups is 2. The van der Waals surface area contributed by atoms with Gasteiger partial charge in [0.15, 0.2) is 0 Å². The van der Waals surface area contributed by atoms with Crippen molar-refractivity contribution in [2.45, 2.75) is 56.5 Å². The van der Waals surface area contributed by atoms with Gasteiger partial charge in [-0.3, -0.25) is 9.59 Å². The Balaban J connectivity index is 1.38. The van der Waals surface area contributed by atoms with Gasteiger partial charge in [0, 0.05) is 22.3 Å². The van der Waals surface area contributed by atoms with Crippen molar-refractivity contribution in [3.8, 4) is 0 Å². The van der Waals surface area contributed by atoms with Gasteiger partial charge in [0.2, 0.25) is 0 Å². The first-order chi connectivity index (χ1) is 13.9. The number of benzene rings is 1. The summed E-state index contributed by atoms with van der Waals surface area (Å²) >= 11 is 0. The van der Waals surface area contributed by atoms with Gasteiger partial charge in [-0.1, -0.05) is 24.3 Å². The number of aromatic nitrogens is 1. The Bertz CT molecular complexity index is 942. The third-order valence-corrected chi connectivity index (χ3v) is 6.98. The van der Waals surface area contributed by atoms with Crippen LogP contribution in [0.3, 0.4) is 0 Å². The maximum atomic E-state index is 13.0. The molecule has 150 valence electrons. The zero-order chi connectivity index (χ0) is 20.1. The summed E-state index contributed by atoms with van der Waals surface area (Å²) in [5.41, 5.74) is 1.56. The molecule has 1 aromatic carbocycles. The average molecular weight is 389 g/mol. The van der Waals surface area contributed by atoms with E-state index < -0.39 is 0 Å². The molecule has 4 saturated carbocycles. The minimum Gasteiger partial charge on any atom is -0.346 e. The SMILES string of the molecule is Cc1cccc(C(=O)NC23CC4CC(CC(NC(=O)c5ccccc5)(C4)C2)C3)n1. The quantitative estimate of drug-likeness (QED) is 0.839. The largest absolute Gasteiger partial charge is 0.346 e. The second-order valence-electron chi connectivity index (χ2n) is 9.46. The summed E-state index contributed by atoms with van der Waals surface area (Å²) in [6.45, 7) is 1.90. The Hall–Kier alpha value is -2.69. The van der Waals surface area contributed by atoms with Crippen molar-refractivity contribution in [3.63, 3.8) is 0 Å². The minimum absolute atomic E-state index is 0.00521. The van der Waals surface area contributed by atoms with Crippen LogP contribution in [0.25, 0.3) is 0 Å². The summed E-state index contributed by atoms with van der Waals surface area (Å²) in [4.78, 5) is 30.3. The third-order valence-electron chi connectivity index (χ3n) is 6.98. The molecule has 0 spiro atoms. The first-order valence-electron chi connectivity index (χ1n) is 10.6. The highest BCUT2D eigenvalue weighted by atomic mass is 16.2. The van der Waals surface area contributed by atoms with Crippen LogP contribution in [-0.2, 0) is 0 Å². The highest BCUT2D eigenvalue weighted by Crippen LogP contribution is 2.57. The lowest BCUT2D eigenvalue weighted by Crippen LogP contribution is -2.69. The van der Waals surface area contributed by atoms with Crippen LogP contribution < -0.4 is 10.6 Å². The fraction of sp³-hybridized carbons (Fsp3) is 0.458. The molecule has 0 aliphatic heterocycles. The van der Waals surface area contributed by atoms with E-state index in [0.29, 0.717) is 23.1 Å². The standard InChI is InChI=1S/C24H27N3O2/c1-16-6-5-9-20(25-16)22(29)27-24-13-17-10-18(14-24)12-23(11-17,15-24)26-21(28)19-7-3-2-4-8-19/h2-9,17-18H,10-15H2,1H3,(H,26,28)(H,27,29). The van der Waals surface area contributed by atoms with Gasteiger partial charge in [0.1, 0.15) is 5.69 Å². The van der Waals surface area contributed by atoms with Gasteiger partial charge in [-0.2, -0.15) is 0 Å². The van der Waals surface area contributed by atoms with Crippen LogP contribution >= 0.6 is 0 Å². The molecule has 29 heavy (non-hydrogen) atoms. The Labute approximate surface area is 171 Å². The van der Waals surface area contributed by atoms with Crippen molar-refractivity contribution < 1.29 is 9.59 Å². The zero-order valence-electron chi connectivity index (χ0n) is 16.8. The second-order valence-corrected chi connectivity index (χ2v) is 9.46. The van der Waals surface area contributed by atoms with Gasteiger partial charge in [-0.15, -0.1) is 0 Å². The first-order valence-corrected chi connectivity index (χ1v) is 10.6. The summed E-state index contributed by atoms with van der Waals surface area (Å²) in [5.74, 6) is 1.01. The van der Waals surface area contributed by atoms with Gasteiger partial charge in [-0.25, -0.2) is 4.98 Å². The molecule has 2 aromatic rings. The fourth-order valence-electron chi connectivity index (χ4n) is 6.43. The summed E-state index contributed by atoms with van der Waals surface area (Å²) in [6, 6.07) is 15.0. The molecule has 1 aromatic heterocycles. The number of pyridine rings is 1. The molecular weight excluding hydrogens is 362 g/mol. The maximum Gasteiger partial charge on any atom is 0.270 e. The number of nitrogens with one attached hydrogen (secondary N) is 2. The molecule has 2 N–H and O–H groups in total. The van der Waals surface area contributed by atoms with Crippen LogP contribution in [-0.4, -0.2) is 27.9 Å². The lowest BCUT2D eigenvalue weighted by Gasteiger charge is -2.62. The highest BCUT2D eigenvalue weighted by molar-refractivity contribution is 5.95. The van der Waals surface area contributed by atoms with E-state index in [1.54, 1.807) is 6.07 Å². The number of rotatable bonds is 4. The number of amides is 2. The van der Waals surface area contributed by atoms with Crippen molar-refractivity contribution in [2.24, 2.45) is 11.8 Å². The van der Waals surface area contributed by atoms with Gasteiger partial charge < -0.3 is 10.6 Å². The highest BCUT2D eigenvalue weighted by Gasteiger charge is 2.58. The Morgan fingerprint density at radius 2 is 1.48 bits per heavy atom. The molecule has 2 unspecified atom stereocenters. The Morgan fingerprint density at radius 1 is 0.862 bits per heavy atom. The van der Waals surface area contributed by atoms with E-state index in [9.17, 15) is 9.59 Å². The van der Waals surface area contributed by atoms with Gasteiger partial charge in [0.05, 0.1) is 0 Å². The molecule has 5 heteroatoms. The predicted molar refractivity (Wildman–Crippen MR) is 110 cm³/mol. The van der Waals surface area contributed by atoms with Gasteiger partial charge in [-0.05, 0) is 81.5 Å². The molecule has 4 aliphatic rings. The van der Waals surface area contributed by atoms with Crippen molar-refractivity contribution in [3.05, 3.63) is 65.5 Å². The third kappa shape index (κ3) is 3.43. The summed E-state index contributed by atoms with van der Waals surface area (Å²) < 4.78 is 0. The molecule has 4 fully saturated rings. The van der Waals surface area contributed by atoms with E-state index >= 15 is 0 Å². The van der Waals surface area contributed by atoms with Crippen molar-refractivity contribution >= 4 is 11.8 Å². The van der Waals surface area contributed by atoms with Crippen LogP contribution in [0.4, 0.5) is 0 Å². The molecule has 2 atom stereocenters. The van der Waals surface area contributed by atoms with E-state index in [2.05, 4.69) is 15.6 Å². The van der Waals surface area contributed by atoms with Crippen LogP contribution in [0.1, 0.15) is 65.1 Å². The molecule has 6 rings (SSSR count). The van der Waals surface area contributed by atoms with Gasteiger partial charge >= 0.3 is 0 Å². The Kier molecular flexibility index (Phi) is 4.23. The number of nitrogens with zero attached hydrogens (tertiary/aromatic N) is 1. The normalized spacial score (nSPS) is 32.0. The molecule has 2 amide bonds. The van der Waals surface area contributed by atoms with Crippen molar-refractivity contribution in [1.29, 1.82) is 0 Å². The van der Waals surface area contributed by atoms with Crippen LogP contribution in [0.15, 0.2) is 48.5 Å². The fourth-order valence-corrected chi connectivity index (χ4v) is 6.43. The van der Waals surface area contributed by atoms with Crippen LogP contribution in [0.2, 0.25) is 0 Å². The maximum absolute atomic E-state index is 13.0. The molecule has 5 nitrogen and oxygen atoms in total. The molecule has 4 aliphatic carbocycles. The predicted octanol–water partition coefficient (Wildman–Crippen LogP) is 3.64. The van der Waals surface area contributed by atoms with E-state index in [1.807, 2.05) is 49.4 Å². The number of hydrogen-bond acceptors (Lipinski definition) is 3. The molecule has 4 bridgehead atoms. The van der Waals surface area contributed by atoms with E-state index in [0.717, 1.165) is 37.8 Å². The molecule has 0 saturated heterocycles. The average Bonchev–Trinajstić information content (AvgIpc) is 2.67. The number of hydrogen-bond donors (Lipinski definition) is 2. The minimum atomic E-state index is -0.240. The zero-order valence-corrected chi connectivity index (χ0v) is 16.8. The number of carbonyl (C=O) groups excluding carboxylic acids is 2. The first kappa shape index (κ1) is 18.3. The topological polar surface area (TPSA) is 71.1 Å². The van der Waals surface area contributed by atoms with Gasteiger partial charge in [0.25, 0.3) is 11.8 Å². The van der Waals surface area contributed by atoms with E-state index in [1.165, 1.54) is 6.42 Å². The van der Waals surface area contributed by atoms with E-state index in [-0.39, 0.29) is 22.9 Å².